The van der Waals surface area contributed by atoms with Crippen molar-refractivity contribution < 1.29 is 19.1 Å². The van der Waals surface area contributed by atoms with Crippen LogP contribution < -0.4 is 15.4 Å². The Morgan fingerprint density at radius 1 is 1.08 bits per heavy atom. The summed E-state index contributed by atoms with van der Waals surface area (Å²) in [5.74, 6) is -0.428. The molecule has 0 fully saturated rings. The summed E-state index contributed by atoms with van der Waals surface area (Å²) in [7, 11) is 1.56. The number of carbonyl (C=O) groups excluding carboxylic acids is 2. The lowest BCUT2D eigenvalue weighted by atomic mass is 10.1. The quantitative estimate of drug-likeness (QED) is 0.717. The fraction of sp³-hybridized carbons (Fsp3) is 0.278. The van der Waals surface area contributed by atoms with Gasteiger partial charge in [-0.05, 0) is 31.2 Å². The van der Waals surface area contributed by atoms with Crippen molar-refractivity contribution in [1.29, 1.82) is 0 Å². The lowest BCUT2D eigenvalue weighted by Crippen LogP contribution is -2.28. The number of nitrogens with one attached hydrogen (secondary N) is 2. The zero-order chi connectivity index (χ0) is 18.1. The second-order valence-corrected chi connectivity index (χ2v) is 5.04. The molecule has 2 N–H and O–H groups in total. The number of pyridine rings is 1. The SMILES string of the molecule is CCOc1ncccc1C(=O)Nc1ccccc1C(=O)NCCOC. The van der Waals surface area contributed by atoms with E-state index in [2.05, 4.69) is 15.6 Å². The maximum atomic E-state index is 12.6. The first-order valence-corrected chi connectivity index (χ1v) is 7.92. The number of hydrogen-bond acceptors (Lipinski definition) is 5. The van der Waals surface area contributed by atoms with Gasteiger partial charge in [0.1, 0.15) is 5.56 Å². The molecular formula is C18H21N3O4. The number of aromatic nitrogens is 1. The summed E-state index contributed by atoms with van der Waals surface area (Å²) < 4.78 is 10.3. The van der Waals surface area contributed by atoms with E-state index in [-0.39, 0.29) is 11.8 Å². The van der Waals surface area contributed by atoms with Crippen molar-refractivity contribution in [1.82, 2.24) is 10.3 Å². The van der Waals surface area contributed by atoms with Crippen LogP contribution >= 0.6 is 0 Å². The zero-order valence-electron chi connectivity index (χ0n) is 14.2. The molecule has 0 saturated carbocycles. The predicted octanol–water partition coefficient (Wildman–Crippen LogP) is 2.11. The van der Waals surface area contributed by atoms with E-state index in [1.807, 2.05) is 6.92 Å². The fourth-order valence-electron chi connectivity index (χ4n) is 2.16. The highest BCUT2D eigenvalue weighted by Gasteiger charge is 2.17. The highest BCUT2D eigenvalue weighted by atomic mass is 16.5. The van der Waals surface area contributed by atoms with Gasteiger partial charge in [0.15, 0.2) is 0 Å². The average molecular weight is 343 g/mol. The normalized spacial score (nSPS) is 10.2. The third-order valence-corrected chi connectivity index (χ3v) is 3.31. The van der Waals surface area contributed by atoms with Gasteiger partial charge in [0, 0.05) is 19.9 Å². The summed E-state index contributed by atoms with van der Waals surface area (Å²) in [6.45, 7) is 3.01. The molecule has 132 valence electrons. The molecule has 0 radical (unpaired) electrons. The Labute approximate surface area is 146 Å². The molecule has 0 aliphatic carbocycles. The van der Waals surface area contributed by atoms with Crippen molar-refractivity contribution in [3.63, 3.8) is 0 Å². The topological polar surface area (TPSA) is 89.5 Å². The number of rotatable bonds is 8. The van der Waals surface area contributed by atoms with Gasteiger partial charge in [0.25, 0.3) is 11.8 Å². The van der Waals surface area contributed by atoms with Gasteiger partial charge in [-0.15, -0.1) is 0 Å². The van der Waals surface area contributed by atoms with E-state index in [0.717, 1.165) is 0 Å². The number of hydrogen-bond donors (Lipinski definition) is 2. The summed E-state index contributed by atoms with van der Waals surface area (Å²) in [5, 5.41) is 5.48. The third kappa shape index (κ3) is 5.02. The highest BCUT2D eigenvalue weighted by molar-refractivity contribution is 6.09. The molecule has 0 bridgehead atoms. The summed E-state index contributed by atoms with van der Waals surface area (Å²) in [5.41, 5.74) is 1.08. The smallest absolute Gasteiger partial charge is 0.261 e. The van der Waals surface area contributed by atoms with Crippen molar-refractivity contribution in [2.45, 2.75) is 6.92 Å². The van der Waals surface area contributed by atoms with E-state index in [0.29, 0.717) is 36.6 Å². The molecule has 0 unspecified atom stereocenters. The number of benzene rings is 1. The number of para-hydroxylation sites is 1. The number of nitrogens with zero attached hydrogens (tertiary/aromatic N) is 1. The molecule has 7 nitrogen and oxygen atoms in total. The van der Waals surface area contributed by atoms with Crippen molar-refractivity contribution >= 4 is 17.5 Å². The van der Waals surface area contributed by atoms with E-state index in [9.17, 15) is 9.59 Å². The number of amides is 2. The van der Waals surface area contributed by atoms with Crippen molar-refractivity contribution in [2.75, 3.05) is 32.2 Å². The van der Waals surface area contributed by atoms with Gasteiger partial charge in [0.05, 0.1) is 24.5 Å². The Balaban J connectivity index is 2.18. The molecule has 25 heavy (non-hydrogen) atoms. The number of ether oxygens (including phenoxy) is 2. The zero-order valence-corrected chi connectivity index (χ0v) is 14.2. The molecule has 0 saturated heterocycles. The van der Waals surface area contributed by atoms with Gasteiger partial charge in [-0.1, -0.05) is 12.1 Å². The summed E-state index contributed by atoms with van der Waals surface area (Å²) >= 11 is 0. The molecule has 0 atom stereocenters. The van der Waals surface area contributed by atoms with Crippen LogP contribution in [0.2, 0.25) is 0 Å². The van der Waals surface area contributed by atoms with E-state index in [4.69, 9.17) is 9.47 Å². The van der Waals surface area contributed by atoms with Crippen molar-refractivity contribution in [2.24, 2.45) is 0 Å². The average Bonchev–Trinajstić information content (AvgIpc) is 2.63. The Kier molecular flexibility index (Phi) is 6.91. The van der Waals surface area contributed by atoms with Crippen LogP contribution in [0.1, 0.15) is 27.6 Å². The first-order valence-electron chi connectivity index (χ1n) is 7.92. The van der Waals surface area contributed by atoms with Gasteiger partial charge in [-0.3, -0.25) is 9.59 Å². The summed E-state index contributed by atoms with van der Waals surface area (Å²) in [4.78, 5) is 28.9. The van der Waals surface area contributed by atoms with E-state index < -0.39 is 5.91 Å². The molecule has 2 rings (SSSR count). The van der Waals surface area contributed by atoms with Crippen LogP contribution in [0, 0.1) is 0 Å². The van der Waals surface area contributed by atoms with Crippen LogP contribution in [0.4, 0.5) is 5.69 Å². The maximum absolute atomic E-state index is 12.6. The van der Waals surface area contributed by atoms with Crippen LogP contribution in [0.5, 0.6) is 5.88 Å². The lowest BCUT2D eigenvalue weighted by molar-refractivity contribution is 0.0938. The predicted molar refractivity (Wildman–Crippen MR) is 94.0 cm³/mol. The van der Waals surface area contributed by atoms with Gasteiger partial charge in [0.2, 0.25) is 5.88 Å². The van der Waals surface area contributed by atoms with Gasteiger partial charge in [-0.25, -0.2) is 4.98 Å². The third-order valence-electron chi connectivity index (χ3n) is 3.31. The van der Waals surface area contributed by atoms with Crippen LogP contribution in [-0.2, 0) is 4.74 Å². The Bertz CT molecular complexity index is 734. The number of carbonyl (C=O) groups is 2. The van der Waals surface area contributed by atoms with E-state index in [1.54, 1.807) is 49.7 Å². The first kappa shape index (κ1) is 18.4. The molecule has 1 heterocycles. The molecule has 0 aliphatic heterocycles. The van der Waals surface area contributed by atoms with Crippen molar-refractivity contribution in [3.8, 4) is 5.88 Å². The van der Waals surface area contributed by atoms with Gasteiger partial charge < -0.3 is 20.1 Å². The highest BCUT2D eigenvalue weighted by Crippen LogP contribution is 2.19. The molecule has 1 aromatic carbocycles. The van der Waals surface area contributed by atoms with E-state index >= 15 is 0 Å². The molecule has 1 aromatic heterocycles. The monoisotopic (exact) mass is 343 g/mol. The van der Waals surface area contributed by atoms with Crippen molar-refractivity contribution in [3.05, 3.63) is 53.7 Å². The van der Waals surface area contributed by atoms with Gasteiger partial charge >= 0.3 is 0 Å². The van der Waals surface area contributed by atoms with Crippen LogP contribution in [-0.4, -0.2) is 43.7 Å². The first-order chi connectivity index (χ1) is 12.2. The lowest BCUT2D eigenvalue weighted by Gasteiger charge is -2.12. The second kappa shape index (κ2) is 9.39. The molecule has 0 aliphatic rings. The minimum Gasteiger partial charge on any atom is -0.477 e. The maximum Gasteiger partial charge on any atom is 0.261 e. The number of methoxy groups -OCH3 is 1. The Morgan fingerprint density at radius 2 is 1.84 bits per heavy atom. The minimum absolute atomic E-state index is 0.254. The molecule has 0 spiro atoms. The van der Waals surface area contributed by atoms with Crippen LogP contribution in [0.3, 0.4) is 0 Å². The molecule has 2 amide bonds. The standard InChI is InChI=1S/C18H21N3O4/c1-3-25-18-14(8-6-10-20-18)17(23)21-15-9-5-4-7-13(15)16(22)19-11-12-24-2/h4-10H,3,11-12H2,1-2H3,(H,19,22)(H,21,23). The Morgan fingerprint density at radius 3 is 2.60 bits per heavy atom. The largest absolute Gasteiger partial charge is 0.477 e. The molecule has 7 heteroatoms. The fourth-order valence-corrected chi connectivity index (χ4v) is 2.16. The summed E-state index contributed by atoms with van der Waals surface area (Å²) in [6.07, 6.45) is 1.55. The van der Waals surface area contributed by atoms with Gasteiger partial charge in [-0.2, -0.15) is 0 Å². The summed E-state index contributed by atoms with van der Waals surface area (Å²) in [6, 6.07) is 10.1. The minimum atomic E-state index is -0.395. The van der Waals surface area contributed by atoms with Crippen LogP contribution in [0.15, 0.2) is 42.6 Å². The second-order valence-electron chi connectivity index (χ2n) is 5.04. The Hall–Kier alpha value is -2.93. The van der Waals surface area contributed by atoms with E-state index in [1.165, 1.54) is 0 Å². The number of anilines is 1. The molecular weight excluding hydrogens is 322 g/mol. The molecule has 2 aromatic rings. The van der Waals surface area contributed by atoms with Crippen LogP contribution in [0.25, 0.3) is 0 Å².